The molecule has 2 aromatic carbocycles. The SMILES string of the molecule is COc1ccc(C(CC(=O)O)NC(=O)CNC(=O)c2cccc(N=CNN)c2)c(O)c1. The predicted molar refractivity (Wildman–Crippen MR) is 112 cm³/mol. The zero-order valence-corrected chi connectivity index (χ0v) is 16.7. The van der Waals surface area contributed by atoms with Crippen molar-refractivity contribution in [1.82, 2.24) is 16.1 Å². The first kappa shape index (κ1) is 23.2. The smallest absolute Gasteiger partial charge is 0.305 e. The highest BCUT2D eigenvalue weighted by Crippen LogP contribution is 2.30. The van der Waals surface area contributed by atoms with Gasteiger partial charge in [0.25, 0.3) is 5.91 Å². The third kappa shape index (κ3) is 7.01. The lowest BCUT2D eigenvalue weighted by Crippen LogP contribution is -2.39. The maximum Gasteiger partial charge on any atom is 0.305 e. The molecule has 2 amide bonds. The van der Waals surface area contributed by atoms with E-state index in [1.54, 1.807) is 18.2 Å². The number of aliphatic carboxylic acids is 1. The summed E-state index contributed by atoms with van der Waals surface area (Å²) in [5.41, 5.74) is 3.21. The van der Waals surface area contributed by atoms with Gasteiger partial charge in [-0.25, -0.2) is 10.8 Å². The Hall–Kier alpha value is -4.12. The number of amides is 2. The number of aromatic hydroxyl groups is 1. The number of ether oxygens (including phenoxy) is 1. The molecule has 0 bridgehead atoms. The molecule has 31 heavy (non-hydrogen) atoms. The van der Waals surface area contributed by atoms with Crippen LogP contribution in [-0.4, -0.2) is 48.0 Å². The van der Waals surface area contributed by atoms with Gasteiger partial charge in [-0.05, 0) is 30.3 Å². The molecule has 0 aliphatic carbocycles. The zero-order valence-electron chi connectivity index (χ0n) is 16.7. The quantitative estimate of drug-likeness (QED) is 0.138. The number of hydrazine groups is 1. The number of carboxylic acid groups (broad SMARTS) is 1. The lowest BCUT2D eigenvalue weighted by Gasteiger charge is -2.19. The number of hydrogen-bond acceptors (Lipinski definition) is 7. The molecular weight excluding hydrogens is 406 g/mol. The molecule has 164 valence electrons. The standard InChI is InChI=1S/C20H23N5O6/c1-31-14-5-6-15(17(26)8-14)16(9-19(28)29)25-18(27)10-22-20(30)12-3-2-4-13(7-12)23-11-24-21/h2-8,11,16,26H,9-10,21H2,1H3,(H,22,30)(H,23,24)(H,25,27)(H,28,29). The molecule has 0 heterocycles. The van der Waals surface area contributed by atoms with Gasteiger partial charge in [0.1, 0.15) is 17.8 Å². The second kappa shape index (κ2) is 11.2. The number of carboxylic acids is 1. The van der Waals surface area contributed by atoms with Crippen molar-refractivity contribution in [2.24, 2.45) is 10.8 Å². The van der Waals surface area contributed by atoms with Crippen molar-refractivity contribution in [3.05, 3.63) is 53.6 Å². The number of benzene rings is 2. The number of methoxy groups -OCH3 is 1. The molecule has 11 heteroatoms. The minimum Gasteiger partial charge on any atom is -0.507 e. The summed E-state index contributed by atoms with van der Waals surface area (Å²) in [6, 6.07) is 9.63. The molecule has 7 N–H and O–H groups in total. The van der Waals surface area contributed by atoms with Crippen LogP contribution in [-0.2, 0) is 9.59 Å². The molecule has 1 atom stereocenters. The highest BCUT2D eigenvalue weighted by molar-refractivity contribution is 5.97. The maximum absolute atomic E-state index is 12.3. The van der Waals surface area contributed by atoms with Gasteiger partial charge in [0.15, 0.2) is 0 Å². The first-order valence-corrected chi connectivity index (χ1v) is 9.09. The van der Waals surface area contributed by atoms with Crippen LogP contribution in [0.1, 0.15) is 28.4 Å². The number of rotatable bonds is 10. The van der Waals surface area contributed by atoms with Crippen LogP contribution in [0.5, 0.6) is 11.5 Å². The molecule has 0 aliphatic rings. The monoisotopic (exact) mass is 429 g/mol. The van der Waals surface area contributed by atoms with Crippen molar-refractivity contribution >= 4 is 29.8 Å². The van der Waals surface area contributed by atoms with Crippen LogP contribution in [0.4, 0.5) is 5.69 Å². The molecule has 2 aromatic rings. The molecule has 11 nitrogen and oxygen atoms in total. The Morgan fingerprint density at radius 1 is 1.23 bits per heavy atom. The zero-order chi connectivity index (χ0) is 22.8. The van der Waals surface area contributed by atoms with E-state index in [1.807, 2.05) is 0 Å². The molecule has 0 spiro atoms. The fourth-order valence-electron chi connectivity index (χ4n) is 2.71. The van der Waals surface area contributed by atoms with Crippen LogP contribution in [0, 0.1) is 0 Å². The van der Waals surface area contributed by atoms with E-state index in [9.17, 15) is 19.5 Å². The number of phenols is 1. The number of phenolic OH excluding ortho intramolecular Hbond substituents is 1. The Balaban J connectivity index is 2.04. The van der Waals surface area contributed by atoms with Crippen LogP contribution < -0.4 is 26.6 Å². The predicted octanol–water partition coefficient (Wildman–Crippen LogP) is 0.586. The summed E-state index contributed by atoms with van der Waals surface area (Å²) in [7, 11) is 1.42. The molecule has 0 aliphatic heterocycles. The Labute approximate surface area is 177 Å². The number of aliphatic imine (C=N–C) groups is 1. The second-order valence-corrected chi connectivity index (χ2v) is 6.30. The average molecular weight is 429 g/mol. The van der Waals surface area contributed by atoms with Gasteiger partial charge in [-0.3, -0.25) is 14.4 Å². The van der Waals surface area contributed by atoms with Crippen molar-refractivity contribution in [3.8, 4) is 11.5 Å². The molecule has 0 saturated heterocycles. The molecular formula is C20H23N5O6. The van der Waals surface area contributed by atoms with Crippen LogP contribution in [0.3, 0.4) is 0 Å². The minimum absolute atomic E-state index is 0.210. The first-order valence-electron chi connectivity index (χ1n) is 9.09. The van der Waals surface area contributed by atoms with Crippen LogP contribution >= 0.6 is 0 Å². The number of nitrogens with two attached hydrogens (primary N) is 1. The van der Waals surface area contributed by atoms with E-state index in [0.29, 0.717) is 11.4 Å². The number of carbonyl (C=O) groups is 3. The molecule has 1 unspecified atom stereocenters. The number of hydrogen-bond donors (Lipinski definition) is 6. The van der Waals surface area contributed by atoms with Gasteiger partial charge >= 0.3 is 5.97 Å². The topological polar surface area (TPSA) is 175 Å². The van der Waals surface area contributed by atoms with Gasteiger partial charge in [-0.15, -0.1) is 0 Å². The summed E-state index contributed by atoms with van der Waals surface area (Å²) in [5.74, 6) is 2.94. The van der Waals surface area contributed by atoms with E-state index in [4.69, 9.17) is 15.7 Å². The summed E-state index contributed by atoms with van der Waals surface area (Å²) < 4.78 is 5.00. The van der Waals surface area contributed by atoms with E-state index in [1.165, 1.54) is 37.7 Å². The molecule has 2 rings (SSSR count). The van der Waals surface area contributed by atoms with Crippen LogP contribution in [0.2, 0.25) is 0 Å². The van der Waals surface area contributed by atoms with E-state index < -0.39 is 36.8 Å². The normalized spacial score (nSPS) is 11.5. The summed E-state index contributed by atoms with van der Waals surface area (Å²) >= 11 is 0. The third-order valence-electron chi connectivity index (χ3n) is 4.13. The minimum atomic E-state index is -1.17. The largest absolute Gasteiger partial charge is 0.507 e. The Kier molecular flexibility index (Phi) is 8.34. The average Bonchev–Trinajstić information content (AvgIpc) is 2.75. The van der Waals surface area contributed by atoms with Crippen molar-refractivity contribution in [3.63, 3.8) is 0 Å². The number of nitrogens with zero attached hydrogens (tertiary/aromatic N) is 1. The van der Waals surface area contributed by atoms with Gasteiger partial charge in [-0.1, -0.05) is 6.07 Å². The highest BCUT2D eigenvalue weighted by Gasteiger charge is 2.22. The lowest BCUT2D eigenvalue weighted by molar-refractivity contribution is -0.137. The molecule has 0 fully saturated rings. The molecule has 0 aromatic heterocycles. The van der Waals surface area contributed by atoms with Crippen molar-refractivity contribution in [2.45, 2.75) is 12.5 Å². The Morgan fingerprint density at radius 2 is 2.00 bits per heavy atom. The maximum atomic E-state index is 12.3. The van der Waals surface area contributed by atoms with Crippen LogP contribution in [0.25, 0.3) is 0 Å². The fraction of sp³-hybridized carbons (Fsp3) is 0.200. The molecule has 0 radical (unpaired) electrons. The third-order valence-corrected chi connectivity index (χ3v) is 4.13. The van der Waals surface area contributed by atoms with Gasteiger partial charge in [-0.2, -0.15) is 0 Å². The fourth-order valence-corrected chi connectivity index (χ4v) is 2.71. The van der Waals surface area contributed by atoms with E-state index in [-0.39, 0.29) is 16.9 Å². The van der Waals surface area contributed by atoms with E-state index >= 15 is 0 Å². The second-order valence-electron chi connectivity index (χ2n) is 6.30. The van der Waals surface area contributed by atoms with Crippen molar-refractivity contribution < 1.29 is 29.3 Å². The van der Waals surface area contributed by atoms with E-state index in [0.717, 1.165) is 0 Å². The van der Waals surface area contributed by atoms with Gasteiger partial charge < -0.3 is 31.0 Å². The number of nitrogens with one attached hydrogen (secondary N) is 3. The van der Waals surface area contributed by atoms with Gasteiger partial charge in [0, 0.05) is 17.2 Å². The van der Waals surface area contributed by atoms with Gasteiger partial charge in [0.05, 0.1) is 31.8 Å². The summed E-state index contributed by atoms with van der Waals surface area (Å²) in [6.07, 6.45) is 0.788. The summed E-state index contributed by atoms with van der Waals surface area (Å²) in [5, 5.41) is 24.3. The van der Waals surface area contributed by atoms with E-state index in [2.05, 4.69) is 21.1 Å². The van der Waals surface area contributed by atoms with Crippen LogP contribution in [0.15, 0.2) is 47.5 Å². The van der Waals surface area contributed by atoms with Crippen molar-refractivity contribution in [1.29, 1.82) is 0 Å². The first-order chi connectivity index (χ1) is 14.8. The lowest BCUT2D eigenvalue weighted by atomic mass is 10.0. The summed E-state index contributed by atoms with van der Waals surface area (Å²) in [6.45, 7) is -0.399. The Bertz CT molecular complexity index is 978. The van der Waals surface area contributed by atoms with Crippen molar-refractivity contribution in [2.75, 3.05) is 13.7 Å². The highest BCUT2D eigenvalue weighted by atomic mass is 16.5. The Morgan fingerprint density at radius 3 is 2.65 bits per heavy atom. The van der Waals surface area contributed by atoms with Gasteiger partial charge in [0.2, 0.25) is 5.91 Å². The number of carbonyl (C=O) groups excluding carboxylic acids is 2. The molecule has 0 saturated carbocycles. The summed E-state index contributed by atoms with van der Waals surface area (Å²) in [4.78, 5) is 39.8.